The van der Waals surface area contributed by atoms with E-state index in [1.807, 2.05) is 0 Å². The molecule has 0 N–H and O–H groups in total. The standard InChI is InChI=1S/C69H126O6/c1-4-7-10-13-15-17-19-21-23-25-27-29-31-32-33-34-35-36-38-39-41-43-45-47-49-51-53-56-59-62-68(71)74-65-66(64-73-67(70)61-58-55-12-9-6-3)75-69(72)63-60-57-54-52-50-48-46-44-42-40-37-30-28-26-24-22-20-18-16-14-11-8-5-2/h8,11,16,18,22,24,28,30,66H,4-7,9-10,12-15,17,19-21,23,25-27,29,31-65H2,1-3H3/b11-8-,18-16-,24-22-,30-28-. The molecule has 0 bridgehead atoms. The van der Waals surface area contributed by atoms with Crippen molar-refractivity contribution < 1.29 is 28.6 Å². The largest absolute Gasteiger partial charge is 0.462 e. The molecule has 0 aliphatic heterocycles. The Bertz CT molecular complexity index is 1300. The summed E-state index contributed by atoms with van der Waals surface area (Å²) in [6.07, 6.45) is 80.5. The molecule has 0 heterocycles. The summed E-state index contributed by atoms with van der Waals surface area (Å²) in [7, 11) is 0. The fraction of sp³-hybridized carbons (Fsp3) is 0.841. The predicted octanol–water partition coefficient (Wildman–Crippen LogP) is 22.6. The smallest absolute Gasteiger partial charge is 0.306 e. The molecule has 0 rings (SSSR count). The van der Waals surface area contributed by atoms with Gasteiger partial charge in [-0.1, -0.05) is 326 Å². The van der Waals surface area contributed by atoms with E-state index in [0.29, 0.717) is 19.3 Å². The Kier molecular flexibility index (Phi) is 61.7. The quantitative estimate of drug-likeness (QED) is 0.0261. The van der Waals surface area contributed by atoms with Crippen LogP contribution in [-0.2, 0) is 28.6 Å². The van der Waals surface area contributed by atoms with E-state index in [1.54, 1.807) is 0 Å². The second kappa shape index (κ2) is 63.9. The summed E-state index contributed by atoms with van der Waals surface area (Å²) in [5, 5.41) is 0. The van der Waals surface area contributed by atoms with Crippen LogP contribution >= 0.6 is 0 Å². The molecule has 0 aliphatic rings. The van der Waals surface area contributed by atoms with Gasteiger partial charge in [0.2, 0.25) is 0 Å². The van der Waals surface area contributed by atoms with Gasteiger partial charge in [0.25, 0.3) is 0 Å². The van der Waals surface area contributed by atoms with Crippen molar-refractivity contribution in [3.05, 3.63) is 48.6 Å². The summed E-state index contributed by atoms with van der Waals surface area (Å²) in [5.74, 6) is -0.871. The molecule has 75 heavy (non-hydrogen) atoms. The molecule has 0 aromatic rings. The Morgan fingerprint density at radius 3 is 0.813 bits per heavy atom. The molecule has 0 aromatic carbocycles. The molecule has 1 unspecified atom stereocenters. The van der Waals surface area contributed by atoms with Gasteiger partial charge in [-0.3, -0.25) is 14.4 Å². The summed E-state index contributed by atoms with van der Waals surface area (Å²) in [5.41, 5.74) is 0. The van der Waals surface area contributed by atoms with Gasteiger partial charge in [-0.15, -0.1) is 0 Å². The molecule has 0 aliphatic carbocycles. The number of allylic oxidation sites excluding steroid dienone is 8. The van der Waals surface area contributed by atoms with Crippen LogP contribution in [0, 0.1) is 0 Å². The van der Waals surface area contributed by atoms with E-state index < -0.39 is 6.10 Å². The molecule has 0 aromatic heterocycles. The zero-order valence-electron chi connectivity index (χ0n) is 50.3. The molecule has 0 amide bonds. The zero-order valence-corrected chi connectivity index (χ0v) is 50.3. The maximum absolute atomic E-state index is 12.8. The topological polar surface area (TPSA) is 78.9 Å². The summed E-state index contributed by atoms with van der Waals surface area (Å²) in [6, 6.07) is 0. The number of ether oxygens (including phenoxy) is 3. The third-order valence-corrected chi connectivity index (χ3v) is 14.8. The summed E-state index contributed by atoms with van der Waals surface area (Å²) in [6.45, 7) is 6.50. The van der Waals surface area contributed by atoms with Crippen LogP contribution < -0.4 is 0 Å². The average Bonchev–Trinajstić information content (AvgIpc) is 3.41. The van der Waals surface area contributed by atoms with Crippen molar-refractivity contribution in [2.75, 3.05) is 13.2 Å². The summed E-state index contributed by atoms with van der Waals surface area (Å²) >= 11 is 0. The molecule has 0 radical (unpaired) electrons. The highest BCUT2D eigenvalue weighted by Crippen LogP contribution is 2.18. The third kappa shape index (κ3) is 62.1. The van der Waals surface area contributed by atoms with Crippen LogP contribution in [0.15, 0.2) is 48.6 Å². The predicted molar refractivity (Wildman–Crippen MR) is 325 cm³/mol. The van der Waals surface area contributed by atoms with Gasteiger partial charge < -0.3 is 14.2 Å². The SMILES string of the molecule is CC/C=C\C/C=C\C/C=C\C/C=C\CCCCCCCCCCCCC(=O)OC(COC(=O)CCCCCCC)COC(=O)CCCCCCCCCCCCCCCCCCCCCCCCCCCCCCC. The van der Waals surface area contributed by atoms with E-state index in [1.165, 1.54) is 225 Å². The number of unbranched alkanes of at least 4 members (excludes halogenated alkanes) is 42. The molecule has 0 fully saturated rings. The second-order valence-corrected chi connectivity index (χ2v) is 22.4. The first-order chi connectivity index (χ1) is 37.0. The van der Waals surface area contributed by atoms with Crippen LogP contribution in [0.4, 0.5) is 0 Å². The first-order valence-electron chi connectivity index (χ1n) is 33.1. The van der Waals surface area contributed by atoms with Crippen LogP contribution in [0.5, 0.6) is 0 Å². The minimum absolute atomic E-state index is 0.0711. The van der Waals surface area contributed by atoms with Crippen molar-refractivity contribution in [1.82, 2.24) is 0 Å². The number of hydrogen-bond donors (Lipinski definition) is 0. The van der Waals surface area contributed by atoms with Crippen molar-refractivity contribution in [1.29, 1.82) is 0 Å². The second-order valence-electron chi connectivity index (χ2n) is 22.4. The number of esters is 3. The van der Waals surface area contributed by atoms with E-state index in [9.17, 15) is 14.4 Å². The van der Waals surface area contributed by atoms with Crippen LogP contribution in [0.2, 0.25) is 0 Å². The fourth-order valence-electron chi connectivity index (χ4n) is 9.91. The van der Waals surface area contributed by atoms with Crippen molar-refractivity contribution >= 4 is 17.9 Å². The number of rotatable bonds is 61. The minimum atomic E-state index is -0.770. The third-order valence-electron chi connectivity index (χ3n) is 14.8. The van der Waals surface area contributed by atoms with E-state index in [-0.39, 0.29) is 31.1 Å². The number of carbonyl (C=O) groups is 3. The highest BCUT2D eigenvalue weighted by molar-refractivity contribution is 5.71. The van der Waals surface area contributed by atoms with Gasteiger partial charge in [0.1, 0.15) is 13.2 Å². The normalized spacial score (nSPS) is 12.3. The van der Waals surface area contributed by atoms with Crippen molar-refractivity contribution in [2.24, 2.45) is 0 Å². The van der Waals surface area contributed by atoms with Crippen LogP contribution in [-0.4, -0.2) is 37.2 Å². The highest BCUT2D eigenvalue weighted by Gasteiger charge is 2.19. The van der Waals surface area contributed by atoms with Crippen molar-refractivity contribution in [3.8, 4) is 0 Å². The molecule has 0 spiro atoms. The monoisotopic (exact) mass is 1050 g/mol. The molecular weight excluding hydrogens is 925 g/mol. The average molecular weight is 1050 g/mol. The lowest BCUT2D eigenvalue weighted by Crippen LogP contribution is -2.30. The zero-order chi connectivity index (χ0) is 54.3. The van der Waals surface area contributed by atoms with Crippen LogP contribution in [0.25, 0.3) is 0 Å². The minimum Gasteiger partial charge on any atom is -0.462 e. The molecule has 438 valence electrons. The first kappa shape index (κ1) is 72.4. The van der Waals surface area contributed by atoms with Gasteiger partial charge in [0.05, 0.1) is 0 Å². The molecule has 6 heteroatoms. The van der Waals surface area contributed by atoms with Gasteiger partial charge in [0.15, 0.2) is 6.10 Å². The van der Waals surface area contributed by atoms with Gasteiger partial charge in [-0.05, 0) is 57.8 Å². The van der Waals surface area contributed by atoms with Gasteiger partial charge in [0, 0.05) is 19.3 Å². The molecule has 6 nitrogen and oxygen atoms in total. The van der Waals surface area contributed by atoms with Crippen molar-refractivity contribution in [3.63, 3.8) is 0 Å². The van der Waals surface area contributed by atoms with Crippen molar-refractivity contribution in [2.45, 2.75) is 361 Å². The number of carbonyl (C=O) groups excluding carboxylic acids is 3. The Balaban J connectivity index is 3.96. The maximum Gasteiger partial charge on any atom is 0.306 e. The van der Waals surface area contributed by atoms with Gasteiger partial charge in [-0.2, -0.15) is 0 Å². The van der Waals surface area contributed by atoms with Crippen LogP contribution in [0.1, 0.15) is 355 Å². The first-order valence-corrected chi connectivity index (χ1v) is 33.1. The highest BCUT2D eigenvalue weighted by atomic mass is 16.6. The molecule has 0 saturated heterocycles. The Morgan fingerprint density at radius 2 is 0.520 bits per heavy atom. The van der Waals surface area contributed by atoms with E-state index >= 15 is 0 Å². The molecule has 0 saturated carbocycles. The van der Waals surface area contributed by atoms with Crippen LogP contribution in [0.3, 0.4) is 0 Å². The molecular formula is C69H126O6. The van der Waals surface area contributed by atoms with Gasteiger partial charge >= 0.3 is 17.9 Å². The number of hydrogen-bond acceptors (Lipinski definition) is 6. The lowest BCUT2D eigenvalue weighted by atomic mass is 10.0. The maximum atomic E-state index is 12.8. The van der Waals surface area contributed by atoms with E-state index in [4.69, 9.17) is 14.2 Å². The van der Waals surface area contributed by atoms with E-state index in [0.717, 1.165) is 89.9 Å². The fourth-order valence-corrected chi connectivity index (χ4v) is 9.91. The van der Waals surface area contributed by atoms with Gasteiger partial charge in [-0.25, -0.2) is 0 Å². The molecule has 1 atom stereocenters. The Labute approximate surface area is 467 Å². The summed E-state index contributed by atoms with van der Waals surface area (Å²) in [4.78, 5) is 37.9. The Morgan fingerprint density at radius 1 is 0.280 bits per heavy atom. The summed E-state index contributed by atoms with van der Waals surface area (Å²) < 4.78 is 16.8. The Hall–Kier alpha value is -2.63. The lowest BCUT2D eigenvalue weighted by molar-refractivity contribution is -0.167. The lowest BCUT2D eigenvalue weighted by Gasteiger charge is -2.18. The van der Waals surface area contributed by atoms with E-state index in [2.05, 4.69) is 69.4 Å².